The summed E-state index contributed by atoms with van der Waals surface area (Å²) in [4.78, 5) is 11.1. The summed E-state index contributed by atoms with van der Waals surface area (Å²) in [6.07, 6.45) is 6.36. The summed E-state index contributed by atoms with van der Waals surface area (Å²) in [6, 6.07) is 0. The molecule has 0 heterocycles. The molecule has 0 saturated heterocycles. The van der Waals surface area contributed by atoms with Gasteiger partial charge in [0.15, 0.2) is 0 Å². The van der Waals surface area contributed by atoms with Crippen LogP contribution in [-0.4, -0.2) is 12.1 Å². The highest BCUT2D eigenvalue weighted by molar-refractivity contribution is 5.66. The van der Waals surface area contributed by atoms with Gasteiger partial charge in [-0.05, 0) is 25.7 Å². The number of fused-ring (bicyclic) bond motifs is 2. The number of ether oxygens (including phenoxy) is 1. The van der Waals surface area contributed by atoms with Crippen LogP contribution in [0.1, 0.15) is 52.9 Å². The molecule has 2 fully saturated rings. The Bertz CT molecular complexity index is 243. The predicted octanol–water partition coefficient (Wildman–Crippen LogP) is 2.91. The van der Waals surface area contributed by atoms with E-state index in [9.17, 15) is 4.79 Å². The monoisotopic (exact) mass is 196 g/mol. The van der Waals surface area contributed by atoms with E-state index in [1.54, 1.807) is 0 Å². The molecule has 0 spiro atoms. The molecule has 2 rings (SSSR count). The van der Waals surface area contributed by atoms with Crippen LogP contribution < -0.4 is 0 Å². The molecule has 2 aliphatic rings. The van der Waals surface area contributed by atoms with E-state index in [0.717, 1.165) is 0 Å². The normalized spacial score (nSPS) is 46.4. The molecule has 1 unspecified atom stereocenters. The Morgan fingerprint density at radius 1 is 1.14 bits per heavy atom. The second-order valence-electron chi connectivity index (χ2n) is 5.65. The van der Waals surface area contributed by atoms with E-state index in [-0.39, 0.29) is 22.9 Å². The molecule has 0 N–H and O–H groups in total. The van der Waals surface area contributed by atoms with Crippen LogP contribution in [0, 0.1) is 10.8 Å². The van der Waals surface area contributed by atoms with Gasteiger partial charge in [-0.2, -0.15) is 0 Å². The van der Waals surface area contributed by atoms with Crippen LogP contribution in [-0.2, 0) is 9.53 Å². The van der Waals surface area contributed by atoms with E-state index >= 15 is 0 Å². The van der Waals surface area contributed by atoms with E-state index in [1.807, 2.05) is 0 Å². The van der Waals surface area contributed by atoms with Gasteiger partial charge in [0.05, 0.1) is 0 Å². The SMILES string of the molecule is CC(=O)OC1[C@@]2(C)CCC[C@]1(C)CC2. The number of esters is 1. The van der Waals surface area contributed by atoms with Crippen LogP contribution in [0.15, 0.2) is 0 Å². The van der Waals surface area contributed by atoms with E-state index in [1.165, 1.54) is 39.0 Å². The van der Waals surface area contributed by atoms with Crippen molar-refractivity contribution in [1.29, 1.82) is 0 Å². The molecule has 2 nitrogen and oxygen atoms in total. The summed E-state index contributed by atoms with van der Waals surface area (Å²) >= 11 is 0. The molecule has 0 aromatic rings. The molecule has 2 saturated carbocycles. The molecule has 2 heteroatoms. The molecule has 0 radical (unpaired) electrons. The van der Waals surface area contributed by atoms with Crippen LogP contribution in [0.4, 0.5) is 0 Å². The van der Waals surface area contributed by atoms with Gasteiger partial charge in [0.1, 0.15) is 6.10 Å². The third kappa shape index (κ3) is 1.35. The van der Waals surface area contributed by atoms with E-state index < -0.39 is 0 Å². The molecule has 3 atom stereocenters. The van der Waals surface area contributed by atoms with Crippen molar-refractivity contribution in [3.63, 3.8) is 0 Å². The van der Waals surface area contributed by atoms with Crippen LogP contribution in [0.2, 0.25) is 0 Å². The average molecular weight is 196 g/mol. The van der Waals surface area contributed by atoms with Gasteiger partial charge < -0.3 is 4.74 Å². The lowest BCUT2D eigenvalue weighted by molar-refractivity contribution is -0.163. The van der Waals surface area contributed by atoms with Crippen molar-refractivity contribution in [2.45, 2.75) is 59.0 Å². The second-order valence-corrected chi connectivity index (χ2v) is 5.65. The number of hydrogen-bond acceptors (Lipinski definition) is 2. The Kier molecular flexibility index (Phi) is 2.13. The molecular formula is C12H20O2. The van der Waals surface area contributed by atoms with Crippen LogP contribution in [0.3, 0.4) is 0 Å². The summed E-state index contributed by atoms with van der Waals surface area (Å²) < 4.78 is 5.55. The van der Waals surface area contributed by atoms with Crippen molar-refractivity contribution in [2.75, 3.05) is 0 Å². The zero-order valence-corrected chi connectivity index (χ0v) is 9.43. The third-order valence-electron chi connectivity index (χ3n) is 4.31. The standard InChI is InChI=1S/C12H20O2/c1-9(13)14-10-11(2)5-4-6-12(10,3)8-7-11/h10H,4-8H2,1-3H3/t10?,11-,12+. The van der Waals surface area contributed by atoms with Crippen molar-refractivity contribution >= 4 is 5.97 Å². The van der Waals surface area contributed by atoms with Gasteiger partial charge in [0.2, 0.25) is 0 Å². The smallest absolute Gasteiger partial charge is 0.302 e. The maximum atomic E-state index is 11.1. The van der Waals surface area contributed by atoms with Crippen LogP contribution in [0.25, 0.3) is 0 Å². The fourth-order valence-corrected chi connectivity index (χ4v) is 3.53. The maximum absolute atomic E-state index is 11.1. The van der Waals surface area contributed by atoms with Gasteiger partial charge in [-0.1, -0.05) is 20.3 Å². The Labute approximate surface area is 86.0 Å². The van der Waals surface area contributed by atoms with Crippen molar-refractivity contribution in [3.8, 4) is 0 Å². The Hall–Kier alpha value is -0.530. The van der Waals surface area contributed by atoms with Gasteiger partial charge in [0.25, 0.3) is 0 Å². The van der Waals surface area contributed by atoms with Crippen molar-refractivity contribution in [1.82, 2.24) is 0 Å². The van der Waals surface area contributed by atoms with Crippen LogP contribution in [0.5, 0.6) is 0 Å². The molecule has 0 amide bonds. The largest absolute Gasteiger partial charge is 0.461 e. The quantitative estimate of drug-likeness (QED) is 0.603. The summed E-state index contributed by atoms with van der Waals surface area (Å²) in [5, 5.41) is 0. The number of hydrogen-bond donors (Lipinski definition) is 0. The third-order valence-corrected chi connectivity index (χ3v) is 4.31. The summed E-state index contributed by atoms with van der Waals surface area (Å²) in [5.41, 5.74) is 0.525. The Balaban J connectivity index is 2.23. The first-order chi connectivity index (χ1) is 6.46. The van der Waals surface area contributed by atoms with Crippen molar-refractivity contribution < 1.29 is 9.53 Å². The molecule has 80 valence electrons. The topological polar surface area (TPSA) is 26.3 Å². The number of rotatable bonds is 1. The molecule has 2 aliphatic carbocycles. The minimum absolute atomic E-state index is 0.115. The Morgan fingerprint density at radius 3 is 2.07 bits per heavy atom. The second kappa shape index (κ2) is 2.98. The minimum Gasteiger partial charge on any atom is -0.461 e. The molecular weight excluding hydrogens is 176 g/mol. The first kappa shape index (κ1) is 10.0. The van der Waals surface area contributed by atoms with Gasteiger partial charge in [-0.3, -0.25) is 4.79 Å². The maximum Gasteiger partial charge on any atom is 0.302 e. The molecule has 0 aromatic heterocycles. The van der Waals surface area contributed by atoms with Gasteiger partial charge >= 0.3 is 5.97 Å². The highest BCUT2D eigenvalue weighted by Crippen LogP contribution is 2.59. The lowest BCUT2D eigenvalue weighted by atomic mass is 9.68. The van der Waals surface area contributed by atoms with Crippen LogP contribution >= 0.6 is 0 Å². The molecule has 0 aliphatic heterocycles. The highest BCUT2D eigenvalue weighted by Gasteiger charge is 2.56. The summed E-state index contributed by atoms with van der Waals surface area (Å²) in [5.74, 6) is -0.115. The molecule has 2 bridgehead atoms. The summed E-state index contributed by atoms with van der Waals surface area (Å²) in [7, 11) is 0. The Morgan fingerprint density at radius 2 is 1.64 bits per heavy atom. The number of carbonyl (C=O) groups is 1. The zero-order valence-electron chi connectivity index (χ0n) is 9.43. The van der Waals surface area contributed by atoms with E-state index in [4.69, 9.17) is 4.74 Å². The van der Waals surface area contributed by atoms with Gasteiger partial charge in [0, 0.05) is 17.8 Å². The summed E-state index contributed by atoms with van der Waals surface area (Å²) in [6.45, 7) is 6.09. The van der Waals surface area contributed by atoms with Crippen molar-refractivity contribution in [2.24, 2.45) is 10.8 Å². The zero-order chi connectivity index (χ0) is 10.4. The lowest BCUT2D eigenvalue weighted by Gasteiger charge is -2.43. The van der Waals surface area contributed by atoms with Gasteiger partial charge in [-0.25, -0.2) is 0 Å². The van der Waals surface area contributed by atoms with Crippen molar-refractivity contribution in [3.05, 3.63) is 0 Å². The predicted molar refractivity (Wildman–Crippen MR) is 54.9 cm³/mol. The molecule has 0 aromatic carbocycles. The lowest BCUT2D eigenvalue weighted by Crippen LogP contribution is -2.43. The van der Waals surface area contributed by atoms with Gasteiger partial charge in [-0.15, -0.1) is 0 Å². The first-order valence-corrected chi connectivity index (χ1v) is 5.64. The molecule has 14 heavy (non-hydrogen) atoms. The van der Waals surface area contributed by atoms with E-state index in [2.05, 4.69) is 13.8 Å². The highest BCUT2D eigenvalue weighted by atomic mass is 16.5. The average Bonchev–Trinajstić information content (AvgIpc) is 2.27. The minimum atomic E-state index is -0.115. The fourth-order valence-electron chi connectivity index (χ4n) is 3.53. The first-order valence-electron chi connectivity index (χ1n) is 5.64. The fraction of sp³-hybridized carbons (Fsp3) is 0.917. The number of carbonyl (C=O) groups excluding carboxylic acids is 1. The van der Waals surface area contributed by atoms with E-state index in [0.29, 0.717) is 0 Å².